The van der Waals surface area contributed by atoms with E-state index >= 15 is 0 Å². The molecular weight excluding hydrogens is 242 g/mol. The predicted octanol–water partition coefficient (Wildman–Crippen LogP) is 2.89. The van der Waals surface area contributed by atoms with Crippen LogP contribution >= 0.6 is 11.3 Å². The highest BCUT2D eigenvalue weighted by Crippen LogP contribution is 2.28. The summed E-state index contributed by atoms with van der Waals surface area (Å²) in [5.41, 5.74) is 3.02. The predicted molar refractivity (Wildman–Crippen MR) is 64.6 cm³/mol. The third kappa shape index (κ3) is 2.22. The van der Waals surface area contributed by atoms with Crippen LogP contribution in [0.4, 0.5) is 8.78 Å². The molecule has 5 heteroatoms. The maximum atomic E-state index is 13.8. The van der Waals surface area contributed by atoms with E-state index in [1.54, 1.807) is 12.1 Å². The number of halogens is 2. The fourth-order valence-corrected chi connectivity index (χ4v) is 2.47. The largest absolute Gasteiger partial charge is 0.271 e. The van der Waals surface area contributed by atoms with Gasteiger partial charge >= 0.3 is 0 Å². The quantitative estimate of drug-likeness (QED) is 0.653. The number of benzene rings is 1. The molecule has 2 nitrogen and oxygen atoms in total. The molecule has 1 heterocycles. The summed E-state index contributed by atoms with van der Waals surface area (Å²) in [6.07, 6.45) is 0. The van der Waals surface area contributed by atoms with E-state index in [0.29, 0.717) is 0 Å². The van der Waals surface area contributed by atoms with Gasteiger partial charge in [0, 0.05) is 10.4 Å². The standard InChI is InChI=1S/C12H12F2N2S/c1-7-4-5-8(11(14)10(7)13)12(16-15)9-3-2-6-17-9/h2-6,12,16H,15H2,1H3. The lowest BCUT2D eigenvalue weighted by atomic mass is 10.0. The lowest BCUT2D eigenvalue weighted by Gasteiger charge is -2.16. The molecule has 17 heavy (non-hydrogen) atoms. The third-order valence-electron chi connectivity index (χ3n) is 2.61. The minimum atomic E-state index is -0.846. The summed E-state index contributed by atoms with van der Waals surface area (Å²) >= 11 is 1.44. The van der Waals surface area contributed by atoms with Crippen LogP contribution in [0.5, 0.6) is 0 Å². The van der Waals surface area contributed by atoms with Crippen LogP contribution in [-0.4, -0.2) is 0 Å². The lowest BCUT2D eigenvalue weighted by Crippen LogP contribution is -2.29. The molecule has 90 valence electrons. The maximum Gasteiger partial charge on any atom is 0.164 e. The Hall–Kier alpha value is -1.30. The van der Waals surface area contributed by atoms with Crippen LogP contribution < -0.4 is 11.3 Å². The van der Waals surface area contributed by atoms with Crippen LogP contribution in [0.15, 0.2) is 29.6 Å². The van der Waals surface area contributed by atoms with Crippen molar-refractivity contribution in [1.82, 2.24) is 5.43 Å². The van der Waals surface area contributed by atoms with Crippen LogP contribution in [0.3, 0.4) is 0 Å². The lowest BCUT2D eigenvalue weighted by molar-refractivity contribution is 0.480. The minimum absolute atomic E-state index is 0.220. The first-order valence-corrected chi connectivity index (χ1v) is 5.97. The van der Waals surface area contributed by atoms with Crippen LogP contribution in [0, 0.1) is 18.6 Å². The normalized spacial score (nSPS) is 12.7. The second-order valence-electron chi connectivity index (χ2n) is 3.71. The van der Waals surface area contributed by atoms with Gasteiger partial charge in [0.15, 0.2) is 11.6 Å². The average molecular weight is 254 g/mol. The Balaban J connectivity index is 2.49. The first-order chi connectivity index (χ1) is 8.15. The summed E-state index contributed by atoms with van der Waals surface area (Å²) in [6.45, 7) is 1.53. The van der Waals surface area contributed by atoms with Gasteiger partial charge in [-0.1, -0.05) is 18.2 Å². The van der Waals surface area contributed by atoms with Crippen molar-refractivity contribution >= 4 is 11.3 Å². The van der Waals surface area contributed by atoms with E-state index in [2.05, 4.69) is 5.43 Å². The van der Waals surface area contributed by atoms with Crippen molar-refractivity contribution in [3.63, 3.8) is 0 Å². The van der Waals surface area contributed by atoms with Crippen LogP contribution in [0.1, 0.15) is 22.0 Å². The second-order valence-corrected chi connectivity index (χ2v) is 4.69. The highest BCUT2D eigenvalue weighted by atomic mass is 32.1. The van der Waals surface area contributed by atoms with E-state index in [4.69, 9.17) is 5.84 Å². The Morgan fingerprint density at radius 1 is 1.24 bits per heavy atom. The Labute approximate surface area is 102 Å². The molecule has 0 saturated heterocycles. The molecule has 0 aliphatic carbocycles. The molecule has 0 aliphatic heterocycles. The van der Waals surface area contributed by atoms with Gasteiger partial charge < -0.3 is 0 Å². The van der Waals surface area contributed by atoms with E-state index in [1.807, 2.05) is 17.5 Å². The number of thiophene rings is 1. The van der Waals surface area contributed by atoms with E-state index < -0.39 is 17.7 Å². The van der Waals surface area contributed by atoms with Gasteiger partial charge in [0.1, 0.15) is 0 Å². The fraction of sp³-hybridized carbons (Fsp3) is 0.167. The van der Waals surface area contributed by atoms with Gasteiger partial charge in [0.25, 0.3) is 0 Å². The summed E-state index contributed by atoms with van der Waals surface area (Å²) in [6, 6.07) is 6.24. The molecular formula is C12H12F2N2S. The molecule has 1 aromatic carbocycles. The Morgan fingerprint density at radius 2 is 2.00 bits per heavy atom. The molecule has 0 saturated carbocycles. The average Bonchev–Trinajstić information content (AvgIpc) is 2.84. The highest BCUT2D eigenvalue weighted by Gasteiger charge is 2.20. The molecule has 0 bridgehead atoms. The van der Waals surface area contributed by atoms with Gasteiger partial charge in [0.2, 0.25) is 0 Å². The number of nitrogens with two attached hydrogens (primary N) is 1. The van der Waals surface area contributed by atoms with Gasteiger partial charge in [-0.2, -0.15) is 0 Å². The highest BCUT2D eigenvalue weighted by molar-refractivity contribution is 7.10. The van der Waals surface area contributed by atoms with Crippen molar-refractivity contribution in [3.8, 4) is 0 Å². The number of hydrazine groups is 1. The minimum Gasteiger partial charge on any atom is -0.271 e. The number of aryl methyl sites for hydroxylation is 1. The first-order valence-electron chi connectivity index (χ1n) is 5.09. The zero-order valence-corrected chi connectivity index (χ0v) is 10.0. The number of hydrogen-bond acceptors (Lipinski definition) is 3. The Morgan fingerprint density at radius 3 is 2.59 bits per heavy atom. The topological polar surface area (TPSA) is 38.0 Å². The Kier molecular flexibility index (Phi) is 3.51. The fourth-order valence-electron chi connectivity index (χ4n) is 1.66. The van der Waals surface area contributed by atoms with E-state index in [-0.39, 0.29) is 11.1 Å². The SMILES string of the molecule is Cc1ccc(C(NN)c2cccs2)c(F)c1F. The van der Waals surface area contributed by atoms with Gasteiger partial charge in [-0.05, 0) is 23.9 Å². The summed E-state index contributed by atoms with van der Waals surface area (Å²) in [4.78, 5) is 0.842. The third-order valence-corrected chi connectivity index (χ3v) is 3.55. The van der Waals surface area contributed by atoms with Crippen LogP contribution in [0.25, 0.3) is 0 Å². The maximum absolute atomic E-state index is 13.8. The molecule has 0 spiro atoms. The van der Waals surface area contributed by atoms with Crippen molar-refractivity contribution in [3.05, 3.63) is 57.3 Å². The molecule has 0 fully saturated rings. The van der Waals surface area contributed by atoms with Crippen molar-refractivity contribution in [2.75, 3.05) is 0 Å². The van der Waals surface area contributed by atoms with Gasteiger partial charge in [-0.25, -0.2) is 14.2 Å². The van der Waals surface area contributed by atoms with Gasteiger partial charge in [-0.15, -0.1) is 11.3 Å². The summed E-state index contributed by atoms with van der Waals surface area (Å²) in [7, 11) is 0. The zero-order valence-electron chi connectivity index (χ0n) is 9.21. The van der Waals surface area contributed by atoms with Crippen LogP contribution in [0.2, 0.25) is 0 Å². The van der Waals surface area contributed by atoms with Crippen molar-refractivity contribution < 1.29 is 8.78 Å². The molecule has 0 aliphatic rings. The molecule has 1 atom stereocenters. The molecule has 3 N–H and O–H groups in total. The van der Waals surface area contributed by atoms with Gasteiger partial charge in [0.05, 0.1) is 6.04 Å². The van der Waals surface area contributed by atoms with Crippen molar-refractivity contribution in [2.24, 2.45) is 5.84 Å². The molecule has 2 aromatic rings. The molecule has 2 rings (SSSR count). The van der Waals surface area contributed by atoms with E-state index in [1.165, 1.54) is 18.3 Å². The van der Waals surface area contributed by atoms with Crippen LogP contribution in [-0.2, 0) is 0 Å². The monoisotopic (exact) mass is 254 g/mol. The molecule has 1 aromatic heterocycles. The second kappa shape index (κ2) is 4.91. The summed E-state index contributed by atoms with van der Waals surface area (Å²) in [5, 5.41) is 1.86. The number of rotatable bonds is 3. The van der Waals surface area contributed by atoms with E-state index in [0.717, 1.165) is 4.88 Å². The zero-order chi connectivity index (χ0) is 12.4. The number of hydrogen-bond donors (Lipinski definition) is 2. The molecule has 0 amide bonds. The number of nitrogens with one attached hydrogen (secondary N) is 1. The van der Waals surface area contributed by atoms with Crippen molar-refractivity contribution in [1.29, 1.82) is 0 Å². The first kappa shape index (κ1) is 12.2. The molecule has 1 unspecified atom stereocenters. The van der Waals surface area contributed by atoms with E-state index in [9.17, 15) is 8.78 Å². The summed E-state index contributed by atoms with van der Waals surface area (Å²) in [5.74, 6) is 3.75. The Bertz CT molecular complexity index is 511. The molecule has 0 radical (unpaired) electrons. The van der Waals surface area contributed by atoms with Crippen molar-refractivity contribution in [2.45, 2.75) is 13.0 Å². The summed E-state index contributed by atoms with van der Waals surface area (Å²) < 4.78 is 27.3. The van der Waals surface area contributed by atoms with Gasteiger partial charge in [-0.3, -0.25) is 5.84 Å². The smallest absolute Gasteiger partial charge is 0.164 e.